The molecule has 1 aliphatic rings. The molecule has 1 aromatic carbocycles. The van der Waals surface area contributed by atoms with Crippen molar-refractivity contribution in [2.24, 2.45) is 0 Å². The number of esters is 1. The zero-order chi connectivity index (χ0) is 11.7. The molecule has 86 valence electrons. The smallest absolute Gasteiger partial charge is 0.338 e. The molecule has 0 aromatic heterocycles. The molecule has 2 nitrogen and oxygen atoms in total. The third-order valence-electron chi connectivity index (χ3n) is 3.30. The second-order valence-electron chi connectivity index (χ2n) is 4.49. The van der Waals surface area contributed by atoms with E-state index in [1.807, 2.05) is 6.07 Å². The quantitative estimate of drug-likeness (QED) is 0.728. The molecule has 1 aliphatic carbocycles. The lowest BCUT2D eigenvalue weighted by molar-refractivity contribution is 0.0599. The fraction of sp³-hybridized carbons (Fsp3) is 0.500. The maximum atomic E-state index is 11.6. The van der Waals surface area contributed by atoms with Crippen LogP contribution in [0.2, 0.25) is 0 Å². The maximum Gasteiger partial charge on any atom is 0.338 e. The van der Waals surface area contributed by atoms with E-state index in [4.69, 9.17) is 4.74 Å². The predicted molar refractivity (Wildman–Crippen MR) is 63.9 cm³/mol. The zero-order valence-corrected chi connectivity index (χ0v) is 10.2. The van der Waals surface area contributed by atoms with E-state index in [1.54, 1.807) is 0 Å². The predicted octanol–water partition coefficient (Wildman–Crippen LogP) is 3.22. The van der Waals surface area contributed by atoms with Crippen molar-refractivity contribution in [1.82, 2.24) is 0 Å². The molecule has 1 saturated carbocycles. The van der Waals surface area contributed by atoms with Gasteiger partial charge < -0.3 is 4.74 Å². The number of ether oxygens (including phenoxy) is 1. The Kier molecular flexibility index (Phi) is 2.99. The summed E-state index contributed by atoms with van der Waals surface area (Å²) in [4.78, 5) is 11.6. The van der Waals surface area contributed by atoms with Crippen molar-refractivity contribution in [1.29, 1.82) is 0 Å². The number of aryl methyl sites for hydroxylation is 2. The molecule has 2 heteroatoms. The van der Waals surface area contributed by atoms with Gasteiger partial charge in [-0.2, -0.15) is 0 Å². The first-order chi connectivity index (χ1) is 7.67. The molecule has 0 unspecified atom stereocenters. The Morgan fingerprint density at radius 1 is 1.44 bits per heavy atom. The van der Waals surface area contributed by atoms with Gasteiger partial charge in [0.25, 0.3) is 0 Å². The molecule has 0 aliphatic heterocycles. The van der Waals surface area contributed by atoms with Gasteiger partial charge in [-0.1, -0.05) is 13.0 Å². The summed E-state index contributed by atoms with van der Waals surface area (Å²) in [5, 5.41) is 0. The lowest BCUT2D eigenvalue weighted by Gasteiger charge is -2.11. The van der Waals surface area contributed by atoms with Gasteiger partial charge in [0.05, 0.1) is 12.7 Å². The van der Waals surface area contributed by atoms with Gasteiger partial charge in [-0.25, -0.2) is 4.79 Å². The van der Waals surface area contributed by atoms with Crippen LogP contribution in [0, 0.1) is 6.92 Å². The topological polar surface area (TPSA) is 26.3 Å². The van der Waals surface area contributed by atoms with Gasteiger partial charge in [0.15, 0.2) is 0 Å². The first-order valence-electron chi connectivity index (χ1n) is 5.89. The minimum absolute atomic E-state index is 0.220. The van der Waals surface area contributed by atoms with Gasteiger partial charge in [-0.15, -0.1) is 0 Å². The van der Waals surface area contributed by atoms with Crippen LogP contribution in [0.1, 0.15) is 52.7 Å². The Bertz CT molecular complexity index is 417. The third-order valence-corrected chi connectivity index (χ3v) is 3.30. The van der Waals surface area contributed by atoms with Crippen LogP contribution in [0.15, 0.2) is 12.1 Å². The van der Waals surface area contributed by atoms with Crippen molar-refractivity contribution in [2.75, 3.05) is 7.11 Å². The van der Waals surface area contributed by atoms with Gasteiger partial charge in [0, 0.05) is 0 Å². The van der Waals surface area contributed by atoms with Crippen molar-refractivity contribution in [3.8, 4) is 0 Å². The van der Waals surface area contributed by atoms with Gasteiger partial charge >= 0.3 is 5.97 Å². The van der Waals surface area contributed by atoms with Crippen LogP contribution in [0.25, 0.3) is 0 Å². The first kappa shape index (κ1) is 11.2. The first-order valence-corrected chi connectivity index (χ1v) is 5.89. The monoisotopic (exact) mass is 218 g/mol. The SMILES string of the molecule is CCc1cc(C2CC2)c(C)cc1C(=O)OC. The third kappa shape index (κ3) is 1.97. The van der Waals surface area contributed by atoms with Crippen molar-refractivity contribution >= 4 is 5.97 Å². The number of carbonyl (C=O) groups is 1. The number of carbonyl (C=O) groups excluding carboxylic acids is 1. The largest absolute Gasteiger partial charge is 0.465 e. The maximum absolute atomic E-state index is 11.6. The molecule has 0 heterocycles. The molecular weight excluding hydrogens is 200 g/mol. The molecule has 0 amide bonds. The van der Waals surface area contributed by atoms with Crippen LogP contribution in [-0.2, 0) is 11.2 Å². The number of benzene rings is 1. The normalized spacial score (nSPS) is 14.9. The highest BCUT2D eigenvalue weighted by Crippen LogP contribution is 2.42. The molecular formula is C14H18O2. The lowest BCUT2D eigenvalue weighted by Crippen LogP contribution is -2.07. The zero-order valence-electron chi connectivity index (χ0n) is 10.2. The van der Waals surface area contributed by atoms with Gasteiger partial charge in [-0.3, -0.25) is 0 Å². The van der Waals surface area contributed by atoms with Crippen LogP contribution in [0.4, 0.5) is 0 Å². The van der Waals surface area contributed by atoms with E-state index in [2.05, 4.69) is 19.9 Å². The van der Waals surface area contributed by atoms with Gasteiger partial charge in [0.1, 0.15) is 0 Å². The molecule has 0 bridgehead atoms. The number of rotatable bonds is 3. The van der Waals surface area contributed by atoms with Crippen molar-refractivity contribution < 1.29 is 9.53 Å². The van der Waals surface area contributed by atoms with Crippen LogP contribution in [-0.4, -0.2) is 13.1 Å². The van der Waals surface area contributed by atoms with E-state index in [9.17, 15) is 4.79 Å². The lowest BCUT2D eigenvalue weighted by atomic mass is 9.95. The van der Waals surface area contributed by atoms with Crippen molar-refractivity contribution in [3.63, 3.8) is 0 Å². The van der Waals surface area contributed by atoms with Crippen molar-refractivity contribution in [3.05, 3.63) is 34.4 Å². The fourth-order valence-corrected chi connectivity index (χ4v) is 2.20. The molecule has 2 rings (SSSR count). The summed E-state index contributed by atoms with van der Waals surface area (Å²) in [5.74, 6) is 0.513. The summed E-state index contributed by atoms with van der Waals surface area (Å²) in [7, 11) is 1.44. The molecule has 0 spiro atoms. The average molecular weight is 218 g/mol. The van der Waals surface area contributed by atoms with Crippen LogP contribution < -0.4 is 0 Å². The van der Waals surface area contributed by atoms with E-state index in [0.717, 1.165) is 23.5 Å². The highest BCUT2D eigenvalue weighted by molar-refractivity contribution is 5.91. The molecule has 1 aromatic rings. The number of hydrogen-bond donors (Lipinski definition) is 0. The average Bonchev–Trinajstić information content (AvgIpc) is 3.11. The van der Waals surface area contributed by atoms with E-state index in [1.165, 1.54) is 31.1 Å². The molecule has 0 N–H and O–H groups in total. The standard InChI is InChI=1S/C14H18O2/c1-4-10-8-12(11-5-6-11)9(2)7-13(10)14(15)16-3/h7-8,11H,4-6H2,1-3H3. The highest BCUT2D eigenvalue weighted by Gasteiger charge is 2.26. The number of hydrogen-bond acceptors (Lipinski definition) is 2. The molecule has 16 heavy (non-hydrogen) atoms. The number of methoxy groups -OCH3 is 1. The molecule has 0 atom stereocenters. The molecule has 0 radical (unpaired) electrons. The van der Waals surface area contributed by atoms with Crippen LogP contribution in [0.5, 0.6) is 0 Å². The second kappa shape index (κ2) is 4.28. The summed E-state index contributed by atoms with van der Waals surface area (Å²) in [6.45, 7) is 4.16. The van der Waals surface area contributed by atoms with E-state index in [0.29, 0.717) is 0 Å². The van der Waals surface area contributed by atoms with E-state index >= 15 is 0 Å². The Morgan fingerprint density at radius 3 is 2.62 bits per heavy atom. The van der Waals surface area contributed by atoms with E-state index in [-0.39, 0.29) is 5.97 Å². The highest BCUT2D eigenvalue weighted by atomic mass is 16.5. The van der Waals surface area contributed by atoms with Crippen LogP contribution in [0.3, 0.4) is 0 Å². The summed E-state index contributed by atoms with van der Waals surface area (Å²) in [5.41, 5.74) is 4.48. The van der Waals surface area contributed by atoms with Crippen molar-refractivity contribution in [2.45, 2.75) is 39.0 Å². The summed E-state index contributed by atoms with van der Waals surface area (Å²) in [6.07, 6.45) is 3.47. The Morgan fingerprint density at radius 2 is 2.12 bits per heavy atom. The van der Waals surface area contributed by atoms with Crippen LogP contribution >= 0.6 is 0 Å². The minimum Gasteiger partial charge on any atom is -0.465 e. The van der Waals surface area contributed by atoms with Gasteiger partial charge in [0.2, 0.25) is 0 Å². The Balaban J connectivity index is 2.45. The molecule has 1 fully saturated rings. The Labute approximate surface area is 96.6 Å². The summed E-state index contributed by atoms with van der Waals surface area (Å²) >= 11 is 0. The summed E-state index contributed by atoms with van der Waals surface area (Å²) in [6, 6.07) is 4.18. The Hall–Kier alpha value is -1.31. The summed E-state index contributed by atoms with van der Waals surface area (Å²) < 4.78 is 4.81. The second-order valence-corrected chi connectivity index (χ2v) is 4.49. The molecule has 0 saturated heterocycles. The fourth-order valence-electron chi connectivity index (χ4n) is 2.20. The van der Waals surface area contributed by atoms with Gasteiger partial charge in [-0.05, 0) is 54.9 Å². The minimum atomic E-state index is -0.220. The van der Waals surface area contributed by atoms with E-state index < -0.39 is 0 Å².